The molecule has 0 amide bonds. The van der Waals surface area contributed by atoms with Crippen molar-refractivity contribution in [2.75, 3.05) is 5.73 Å². The summed E-state index contributed by atoms with van der Waals surface area (Å²) in [6.45, 7) is 0. The molecule has 0 spiro atoms. The number of non-ortho nitro benzene ring substituents is 1. The molecule has 0 bridgehead atoms. The van der Waals surface area contributed by atoms with Crippen LogP contribution < -0.4 is 5.73 Å². The van der Waals surface area contributed by atoms with Crippen molar-refractivity contribution in [3.8, 4) is 5.75 Å². The highest BCUT2D eigenvalue weighted by Crippen LogP contribution is 2.12. The third-order valence-electron chi connectivity index (χ3n) is 2.13. The van der Waals surface area contributed by atoms with Gasteiger partial charge in [0, 0.05) is 23.4 Å². The molecule has 0 aliphatic carbocycles. The highest BCUT2D eigenvalue weighted by Gasteiger charge is 2.00. The average molecular weight is 260 g/mol. The summed E-state index contributed by atoms with van der Waals surface area (Å²) in [4.78, 5) is 19.7. The Kier molecular flexibility index (Phi) is 5.04. The van der Waals surface area contributed by atoms with E-state index in [0.717, 1.165) is 6.29 Å². The molecule has 6 heteroatoms. The summed E-state index contributed by atoms with van der Waals surface area (Å²) in [6.07, 6.45) is 0.736. The Hall–Kier alpha value is -2.89. The van der Waals surface area contributed by atoms with Crippen molar-refractivity contribution in [2.45, 2.75) is 0 Å². The van der Waals surface area contributed by atoms with Gasteiger partial charge in [0.25, 0.3) is 5.69 Å². The third kappa shape index (κ3) is 4.86. The van der Waals surface area contributed by atoms with E-state index in [-0.39, 0.29) is 11.4 Å². The smallest absolute Gasteiger partial charge is 0.269 e. The monoisotopic (exact) mass is 260 g/mol. The molecule has 0 saturated carbocycles. The number of rotatable bonds is 2. The fourth-order valence-electron chi connectivity index (χ4n) is 1.15. The van der Waals surface area contributed by atoms with Crippen LogP contribution in [0.5, 0.6) is 5.75 Å². The van der Waals surface area contributed by atoms with Gasteiger partial charge in [-0.15, -0.1) is 0 Å². The van der Waals surface area contributed by atoms with Gasteiger partial charge >= 0.3 is 0 Å². The van der Waals surface area contributed by atoms with Gasteiger partial charge in [0.1, 0.15) is 12.0 Å². The molecule has 0 radical (unpaired) electrons. The van der Waals surface area contributed by atoms with Crippen LogP contribution in [-0.4, -0.2) is 16.3 Å². The summed E-state index contributed by atoms with van der Waals surface area (Å²) in [5.74, 6) is 0.181. The van der Waals surface area contributed by atoms with E-state index in [4.69, 9.17) is 10.8 Å². The second-order valence-corrected chi connectivity index (χ2v) is 3.56. The van der Waals surface area contributed by atoms with E-state index in [1.54, 1.807) is 12.1 Å². The van der Waals surface area contributed by atoms with Gasteiger partial charge in [-0.1, -0.05) is 0 Å². The standard InChI is InChI=1S/C7H6O2.C6H6N2O2/c8-5-6-1-3-7(9)4-2-6;7-5-1-3-6(4-2-5)8(9)10/h1-5,9H;1-4H,7H2. The van der Waals surface area contributed by atoms with Crippen LogP contribution in [0, 0.1) is 10.1 Å². The SMILES string of the molecule is Nc1ccc([N+](=O)[O-])cc1.O=Cc1ccc(O)cc1. The number of hydrogen-bond donors (Lipinski definition) is 2. The van der Waals surface area contributed by atoms with Gasteiger partial charge in [0.15, 0.2) is 0 Å². The molecule has 2 aromatic rings. The summed E-state index contributed by atoms with van der Waals surface area (Å²) in [7, 11) is 0. The molecule has 2 rings (SSSR count). The predicted molar refractivity (Wildman–Crippen MR) is 71.0 cm³/mol. The van der Waals surface area contributed by atoms with Gasteiger partial charge < -0.3 is 10.8 Å². The van der Waals surface area contributed by atoms with E-state index in [1.807, 2.05) is 0 Å². The Bertz CT molecular complexity index is 550. The number of hydrogen-bond acceptors (Lipinski definition) is 5. The summed E-state index contributed by atoms with van der Waals surface area (Å²) in [5, 5.41) is 18.8. The molecule has 2 aromatic carbocycles. The zero-order chi connectivity index (χ0) is 14.3. The topological polar surface area (TPSA) is 106 Å². The zero-order valence-electron chi connectivity index (χ0n) is 9.89. The largest absolute Gasteiger partial charge is 0.508 e. The van der Waals surface area contributed by atoms with E-state index in [1.165, 1.54) is 36.4 Å². The van der Waals surface area contributed by atoms with Crippen molar-refractivity contribution in [2.24, 2.45) is 0 Å². The van der Waals surface area contributed by atoms with Gasteiger partial charge in [-0.05, 0) is 36.4 Å². The van der Waals surface area contributed by atoms with Crippen LogP contribution in [0.25, 0.3) is 0 Å². The third-order valence-corrected chi connectivity index (χ3v) is 2.13. The first-order valence-electron chi connectivity index (χ1n) is 5.27. The van der Waals surface area contributed by atoms with E-state index in [9.17, 15) is 14.9 Å². The number of nitro groups is 1. The van der Waals surface area contributed by atoms with E-state index in [0.29, 0.717) is 11.3 Å². The van der Waals surface area contributed by atoms with Crippen LogP contribution in [0.3, 0.4) is 0 Å². The minimum Gasteiger partial charge on any atom is -0.508 e. The molecular formula is C13H12N2O4. The van der Waals surface area contributed by atoms with E-state index >= 15 is 0 Å². The van der Waals surface area contributed by atoms with Gasteiger partial charge in [-0.3, -0.25) is 14.9 Å². The van der Waals surface area contributed by atoms with Gasteiger partial charge in [0.05, 0.1) is 4.92 Å². The second-order valence-electron chi connectivity index (χ2n) is 3.56. The lowest BCUT2D eigenvalue weighted by atomic mass is 10.2. The molecule has 6 nitrogen and oxygen atoms in total. The lowest BCUT2D eigenvalue weighted by molar-refractivity contribution is -0.384. The Labute approximate surface area is 109 Å². The molecule has 0 aromatic heterocycles. The summed E-state index contributed by atoms with van der Waals surface area (Å²) >= 11 is 0. The number of phenols is 1. The molecule has 0 heterocycles. The fourth-order valence-corrected chi connectivity index (χ4v) is 1.15. The lowest BCUT2D eigenvalue weighted by Crippen LogP contribution is -1.88. The highest BCUT2D eigenvalue weighted by molar-refractivity contribution is 5.74. The van der Waals surface area contributed by atoms with Gasteiger partial charge in [-0.2, -0.15) is 0 Å². The Morgan fingerprint density at radius 3 is 2.00 bits per heavy atom. The molecule has 0 saturated heterocycles. The number of aldehydes is 1. The van der Waals surface area contributed by atoms with Crippen molar-refractivity contribution in [1.82, 2.24) is 0 Å². The molecule has 0 unspecified atom stereocenters. The highest BCUT2D eigenvalue weighted by atomic mass is 16.6. The number of nitrogen functional groups attached to an aromatic ring is 1. The van der Waals surface area contributed by atoms with Crippen LogP contribution in [0.2, 0.25) is 0 Å². The van der Waals surface area contributed by atoms with Crippen molar-refractivity contribution >= 4 is 17.7 Å². The number of carbonyl (C=O) groups excluding carboxylic acids is 1. The maximum atomic E-state index is 10.1. The Morgan fingerprint density at radius 1 is 1.05 bits per heavy atom. The van der Waals surface area contributed by atoms with E-state index < -0.39 is 4.92 Å². The van der Waals surface area contributed by atoms with Crippen LogP contribution in [-0.2, 0) is 0 Å². The molecular weight excluding hydrogens is 248 g/mol. The van der Waals surface area contributed by atoms with E-state index in [2.05, 4.69) is 0 Å². The molecule has 0 aliphatic heterocycles. The molecule has 0 fully saturated rings. The van der Waals surface area contributed by atoms with Crippen molar-refractivity contribution < 1.29 is 14.8 Å². The number of nitro benzene ring substituents is 1. The first kappa shape index (κ1) is 14.2. The second kappa shape index (κ2) is 6.75. The van der Waals surface area contributed by atoms with Gasteiger partial charge in [0.2, 0.25) is 0 Å². The normalized spacial score (nSPS) is 9.05. The number of benzene rings is 2. The predicted octanol–water partition coefficient (Wildman–Crippen LogP) is 2.38. The Morgan fingerprint density at radius 2 is 1.58 bits per heavy atom. The number of nitrogens with two attached hydrogens (primary N) is 1. The van der Waals surface area contributed by atoms with Crippen molar-refractivity contribution in [3.63, 3.8) is 0 Å². The number of phenolic OH excluding ortho intramolecular Hbond substituents is 1. The average Bonchev–Trinajstić information content (AvgIpc) is 2.41. The van der Waals surface area contributed by atoms with Crippen molar-refractivity contribution in [3.05, 3.63) is 64.2 Å². The maximum Gasteiger partial charge on any atom is 0.269 e. The molecule has 19 heavy (non-hydrogen) atoms. The Balaban J connectivity index is 0.000000191. The minimum atomic E-state index is -0.459. The molecule has 0 atom stereocenters. The summed E-state index contributed by atoms with van der Waals surface area (Å²) in [6, 6.07) is 11.8. The summed E-state index contributed by atoms with van der Waals surface area (Å²) in [5.41, 5.74) is 6.48. The maximum absolute atomic E-state index is 10.1. The number of aromatic hydroxyl groups is 1. The van der Waals surface area contributed by atoms with Crippen LogP contribution >= 0.6 is 0 Å². The first-order chi connectivity index (χ1) is 9.02. The number of anilines is 1. The van der Waals surface area contributed by atoms with Crippen LogP contribution in [0.1, 0.15) is 10.4 Å². The van der Waals surface area contributed by atoms with Gasteiger partial charge in [-0.25, -0.2) is 0 Å². The zero-order valence-corrected chi connectivity index (χ0v) is 9.89. The van der Waals surface area contributed by atoms with Crippen LogP contribution in [0.4, 0.5) is 11.4 Å². The molecule has 3 N–H and O–H groups in total. The number of carbonyl (C=O) groups is 1. The summed E-state index contributed by atoms with van der Waals surface area (Å²) < 4.78 is 0. The minimum absolute atomic E-state index is 0.0641. The molecule has 0 aliphatic rings. The quantitative estimate of drug-likeness (QED) is 0.373. The number of nitrogens with zero attached hydrogens (tertiary/aromatic N) is 1. The lowest BCUT2D eigenvalue weighted by Gasteiger charge is -1.90. The first-order valence-corrected chi connectivity index (χ1v) is 5.27. The van der Waals surface area contributed by atoms with Crippen molar-refractivity contribution in [1.29, 1.82) is 0 Å². The molecule has 98 valence electrons. The van der Waals surface area contributed by atoms with Crippen LogP contribution in [0.15, 0.2) is 48.5 Å². The fraction of sp³-hybridized carbons (Fsp3) is 0.